The lowest BCUT2D eigenvalue weighted by Crippen LogP contribution is -2.08. The number of carbonyl (C=O) groups excluding carboxylic acids is 1. The number of benzene rings is 2. The van der Waals surface area contributed by atoms with E-state index in [4.69, 9.17) is 18.9 Å². The third kappa shape index (κ3) is 3.75. The molecule has 1 N–H and O–H groups in total. The van der Waals surface area contributed by atoms with E-state index in [0.717, 1.165) is 17.5 Å². The first-order valence-corrected chi connectivity index (χ1v) is 8.63. The van der Waals surface area contributed by atoms with Gasteiger partial charge < -0.3 is 24.1 Å². The summed E-state index contributed by atoms with van der Waals surface area (Å²) in [6.07, 6.45) is 0.818. The van der Waals surface area contributed by atoms with Gasteiger partial charge in [-0.05, 0) is 42.7 Å². The zero-order valence-electron chi connectivity index (χ0n) is 14.9. The van der Waals surface area contributed by atoms with Gasteiger partial charge in [0.1, 0.15) is 5.75 Å². The summed E-state index contributed by atoms with van der Waals surface area (Å²) in [5.41, 5.74) is 2.44. The Morgan fingerprint density at radius 1 is 1.15 bits per heavy atom. The number of fused-ring (bicyclic) bond motifs is 1. The third-order valence-electron chi connectivity index (χ3n) is 4.12. The topological polar surface area (TPSA) is 74.2 Å². The predicted molar refractivity (Wildman–Crippen MR) is 94.7 cm³/mol. The second-order valence-electron chi connectivity index (χ2n) is 5.83. The molecule has 1 heterocycles. The van der Waals surface area contributed by atoms with Gasteiger partial charge in [-0.15, -0.1) is 0 Å². The summed E-state index contributed by atoms with van der Waals surface area (Å²) in [6.45, 7) is 4.18. The van der Waals surface area contributed by atoms with Gasteiger partial charge in [0.15, 0.2) is 11.5 Å². The molecule has 0 bridgehead atoms. The minimum Gasteiger partial charge on any atom is -0.466 e. The second-order valence-corrected chi connectivity index (χ2v) is 5.83. The molecule has 0 radical (unpaired) electrons. The van der Waals surface area contributed by atoms with Gasteiger partial charge in [-0.1, -0.05) is 19.1 Å². The van der Waals surface area contributed by atoms with E-state index in [1.54, 1.807) is 25.1 Å². The van der Waals surface area contributed by atoms with Crippen LogP contribution in [0.4, 0.5) is 0 Å². The molecule has 0 amide bonds. The highest BCUT2D eigenvalue weighted by Gasteiger charge is 2.25. The fraction of sp³-hybridized carbons (Fsp3) is 0.350. The molecule has 1 aliphatic heterocycles. The summed E-state index contributed by atoms with van der Waals surface area (Å²) < 4.78 is 22.2. The van der Waals surface area contributed by atoms with E-state index in [1.165, 1.54) is 0 Å². The minimum absolute atomic E-state index is 0.0287. The highest BCUT2D eigenvalue weighted by molar-refractivity contribution is 5.75. The maximum Gasteiger partial charge on any atom is 0.310 e. The number of hydrogen-bond acceptors (Lipinski definition) is 6. The first-order valence-electron chi connectivity index (χ1n) is 8.63. The molecule has 138 valence electrons. The summed E-state index contributed by atoms with van der Waals surface area (Å²) in [6, 6.07) is 9.07. The summed E-state index contributed by atoms with van der Waals surface area (Å²) in [5.74, 6) is 1.85. The number of carbonyl (C=O) groups is 1. The number of esters is 1. The molecule has 0 saturated carbocycles. The van der Waals surface area contributed by atoms with Gasteiger partial charge in [-0.3, -0.25) is 4.79 Å². The van der Waals surface area contributed by atoms with Crippen LogP contribution in [0.5, 0.6) is 23.0 Å². The maximum atomic E-state index is 11.9. The van der Waals surface area contributed by atoms with Crippen molar-refractivity contribution in [2.24, 2.45) is 0 Å². The molecule has 6 nitrogen and oxygen atoms in total. The van der Waals surface area contributed by atoms with Gasteiger partial charge in [-0.25, -0.2) is 0 Å². The van der Waals surface area contributed by atoms with Gasteiger partial charge in [0, 0.05) is 5.56 Å². The van der Waals surface area contributed by atoms with E-state index in [2.05, 4.69) is 0 Å². The average molecular weight is 358 g/mol. The van der Waals surface area contributed by atoms with Crippen molar-refractivity contribution < 1.29 is 28.8 Å². The fourth-order valence-electron chi connectivity index (χ4n) is 2.82. The van der Waals surface area contributed by atoms with E-state index in [1.807, 2.05) is 19.1 Å². The Morgan fingerprint density at radius 2 is 2.00 bits per heavy atom. The van der Waals surface area contributed by atoms with Crippen molar-refractivity contribution in [3.63, 3.8) is 0 Å². The molecule has 0 unspecified atom stereocenters. The van der Waals surface area contributed by atoms with Crippen molar-refractivity contribution in [3.8, 4) is 23.0 Å². The number of ether oxygens (including phenoxy) is 4. The quantitative estimate of drug-likeness (QED) is 0.765. The maximum absolute atomic E-state index is 11.9. The molecule has 0 aliphatic carbocycles. The summed E-state index contributed by atoms with van der Waals surface area (Å²) >= 11 is 0. The molecule has 0 atom stereocenters. The molecule has 0 spiro atoms. The van der Waals surface area contributed by atoms with Crippen molar-refractivity contribution in [2.75, 3.05) is 13.4 Å². The van der Waals surface area contributed by atoms with Gasteiger partial charge in [0.05, 0.1) is 19.6 Å². The van der Waals surface area contributed by atoms with Crippen LogP contribution in [0.1, 0.15) is 30.5 Å². The summed E-state index contributed by atoms with van der Waals surface area (Å²) in [4.78, 5) is 11.9. The lowest BCUT2D eigenvalue weighted by molar-refractivity contribution is -0.142. The predicted octanol–water partition coefficient (Wildman–Crippen LogP) is 3.37. The highest BCUT2D eigenvalue weighted by Crippen LogP contribution is 2.46. The molecule has 3 rings (SSSR count). The molecule has 1 aliphatic rings. The van der Waals surface area contributed by atoms with Crippen molar-refractivity contribution in [3.05, 3.63) is 47.0 Å². The van der Waals surface area contributed by atoms with Crippen molar-refractivity contribution in [2.45, 2.75) is 33.3 Å². The van der Waals surface area contributed by atoms with Crippen LogP contribution in [0.3, 0.4) is 0 Å². The van der Waals surface area contributed by atoms with Crippen molar-refractivity contribution in [1.82, 2.24) is 0 Å². The number of aliphatic hydroxyl groups is 1. The Balaban J connectivity index is 1.98. The fourth-order valence-corrected chi connectivity index (χ4v) is 2.82. The van der Waals surface area contributed by atoms with Crippen LogP contribution in [0, 0.1) is 0 Å². The average Bonchev–Trinajstić information content (AvgIpc) is 3.13. The standard InChI is InChI=1S/C20H22O6/c1-3-14-9-13(11-21)5-7-16(14)26-19-15(10-18(22)23-4-2)6-8-17-20(19)25-12-24-17/h5-9,21H,3-4,10-12H2,1-2H3. The van der Waals surface area contributed by atoms with Crippen LogP contribution < -0.4 is 14.2 Å². The summed E-state index contributed by atoms with van der Waals surface area (Å²) in [5, 5.41) is 9.33. The van der Waals surface area contributed by atoms with Crippen molar-refractivity contribution in [1.29, 1.82) is 0 Å². The van der Waals surface area contributed by atoms with Crippen LogP contribution in [0.25, 0.3) is 0 Å². The lowest BCUT2D eigenvalue weighted by atomic mass is 10.1. The van der Waals surface area contributed by atoms with Gasteiger partial charge in [0.25, 0.3) is 0 Å². The smallest absolute Gasteiger partial charge is 0.310 e. The molecule has 0 fully saturated rings. The van der Waals surface area contributed by atoms with Crippen LogP contribution in [-0.4, -0.2) is 24.5 Å². The van der Waals surface area contributed by atoms with E-state index in [0.29, 0.717) is 35.2 Å². The Labute approximate surface area is 152 Å². The largest absolute Gasteiger partial charge is 0.466 e. The second kappa shape index (κ2) is 8.10. The van der Waals surface area contributed by atoms with Crippen LogP contribution >= 0.6 is 0 Å². The molecule has 0 saturated heterocycles. The summed E-state index contributed by atoms with van der Waals surface area (Å²) in [7, 11) is 0. The zero-order valence-corrected chi connectivity index (χ0v) is 14.9. The Bertz CT molecular complexity index is 799. The SMILES string of the molecule is CCOC(=O)Cc1ccc2c(c1Oc1ccc(CO)cc1CC)OCO2. The molecular formula is C20H22O6. The van der Waals surface area contributed by atoms with Gasteiger partial charge >= 0.3 is 5.97 Å². The third-order valence-corrected chi connectivity index (χ3v) is 4.12. The molecule has 0 aromatic heterocycles. The number of aliphatic hydroxyl groups excluding tert-OH is 1. The number of rotatable bonds is 7. The zero-order chi connectivity index (χ0) is 18.5. The normalized spacial score (nSPS) is 12.1. The highest BCUT2D eigenvalue weighted by atomic mass is 16.7. The van der Waals surface area contributed by atoms with E-state index >= 15 is 0 Å². The first kappa shape index (κ1) is 18.1. The van der Waals surface area contributed by atoms with Gasteiger partial charge in [-0.2, -0.15) is 0 Å². The number of aryl methyl sites for hydroxylation is 1. The molecular weight excluding hydrogens is 336 g/mol. The minimum atomic E-state index is -0.331. The Kier molecular flexibility index (Phi) is 5.63. The van der Waals surface area contributed by atoms with Crippen LogP contribution in [0.15, 0.2) is 30.3 Å². The van der Waals surface area contributed by atoms with Crippen molar-refractivity contribution >= 4 is 5.97 Å². The first-order chi connectivity index (χ1) is 12.7. The lowest BCUT2D eigenvalue weighted by Gasteiger charge is -2.16. The van der Waals surface area contributed by atoms with Crippen LogP contribution in [0.2, 0.25) is 0 Å². The van der Waals surface area contributed by atoms with E-state index < -0.39 is 0 Å². The molecule has 2 aromatic carbocycles. The Morgan fingerprint density at radius 3 is 2.73 bits per heavy atom. The molecule has 2 aromatic rings. The van der Waals surface area contributed by atoms with E-state index in [9.17, 15) is 9.90 Å². The monoisotopic (exact) mass is 358 g/mol. The van der Waals surface area contributed by atoms with E-state index in [-0.39, 0.29) is 25.8 Å². The van der Waals surface area contributed by atoms with Gasteiger partial charge in [0.2, 0.25) is 12.5 Å². The number of hydrogen-bond donors (Lipinski definition) is 1. The molecule has 26 heavy (non-hydrogen) atoms. The van der Waals surface area contributed by atoms with Crippen LogP contribution in [-0.2, 0) is 29.0 Å². The molecule has 6 heteroatoms. The Hall–Kier alpha value is -2.73.